The molecule has 2 fully saturated rings. The molecule has 0 bridgehead atoms. The molecule has 1 N–H and O–H groups in total. The molecule has 2 aliphatic heterocycles. The number of ether oxygens (including phenoxy) is 3. The molecule has 1 aromatic rings. The molecular formula is C16H16O6. The molecule has 2 unspecified atom stereocenters. The highest BCUT2D eigenvalue weighted by Gasteiger charge is 2.64. The van der Waals surface area contributed by atoms with Crippen LogP contribution in [0.25, 0.3) is 0 Å². The maximum atomic E-state index is 12.3. The Hall–Kier alpha value is -2.08. The number of carbonyl (C=O) groups is 2. The number of Topliss-reactive ketones (excluding diaryl/α,β-unsaturated/α-hetero) is 1. The summed E-state index contributed by atoms with van der Waals surface area (Å²) in [6, 6.07) is 5.46. The second-order valence-electron chi connectivity index (χ2n) is 6.27. The van der Waals surface area contributed by atoms with Crippen molar-refractivity contribution in [3.8, 4) is 11.5 Å². The van der Waals surface area contributed by atoms with E-state index in [9.17, 15) is 14.7 Å². The molecule has 22 heavy (non-hydrogen) atoms. The number of carbonyl (C=O) groups excluding carboxylic acids is 2. The zero-order chi connectivity index (χ0) is 15.4. The van der Waals surface area contributed by atoms with E-state index in [1.165, 1.54) is 0 Å². The van der Waals surface area contributed by atoms with Gasteiger partial charge in [-0.2, -0.15) is 0 Å². The van der Waals surface area contributed by atoms with Gasteiger partial charge in [-0.1, -0.05) is 6.07 Å². The fourth-order valence-electron chi connectivity index (χ4n) is 3.70. The topological polar surface area (TPSA) is 82.1 Å². The van der Waals surface area contributed by atoms with Crippen molar-refractivity contribution in [2.24, 2.45) is 5.41 Å². The van der Waals surface area contributed by atoms with Crippen LogP contribution in [0.5, 0.6) is 11.5 Å². The van der Waals surface area contributed by atoms with Gasteiger partial charge >= 0.3 is 5.97 Å². The van der Waals surface area contributed by atoms with Gasteiger partial charge in [0.05, 0.1) is 0 Å². The number of esters is 1. The minimum absolute atomic E-state index is 0.0245. The lowest BCUT2D eigenvalue weighted by Crippen LogP contribution is -2.54. The van der Waals surface area contributed by atoms with E-state index in [1.54, 1.807) is 6.07 Å². The van der Waals surface area contributed by atoms with Gasteiger partial charge in [0.2, 0.25) is 6.79 Å². The average Bonchev–Trinajstić information content (AvgIpc) is 3.04. The number of hydrogen-bond donors (Lipinski definition) is 1. The Labute approximate surface area is 127 Å². The molecule has 0 amide bonds. The van der Waals surface area contributed by atoms with Crippen LogP contribution in [0.2, 0.25) is 0 Å². The second-order valence-corrected chi connectivity index (χ2v) is 6.27. The highest BCUT2D eigenvalue weighted by molar-refractivity contribution is 5.89. The molecule has 0 aromatic heterocycles. The molecular weight excluding hydrogens is 288 g/mol. The van der Waals surface area contributed by atoms with Crippen LogP contribution in [0.15, 0.2) is 18.2 Å². The van der Waals surface area contributed by atoms with E-state index < -0.39 is 17.0 Å². The van der Waals surface area contributed by atoms with E-state index in [1.807, 2.05) is 12.1 Å². The quantitative estimate of drug-likeness (QED) is 0.820. The summed E-state index contributed by atoms with van der Waals surface area (Å²) in [5.41, 5.74) is -1.60. The van der Waals surface area contributed by atoms with E-state index in [0.717, 1.165) is 5.56 Å². The first kappa shape index (κ1) is 13.6. The number of rotatable bonds is 2. The van der Waals surface area contributed by atoms with Crippen LogP contribution in [0.4, 0.5) is 0 Å². The molecule has 3 aliphatic rings. The normalized spacial score (nSPS) is 32.8. The van der Waals surface area contributed by atoms with Crippen molar-refractivity contribution < 1.29 is 28.9 Å². The number of aliphatic hydroxyl groups is 1. The summed E-state index contributed by atoms with van der Waals surface area (Å²) in [4.78, 5) is 24.0. The number of benzene rings is 1. The lowest BCUT2D eigenvalue weighted by atomic mass is 9.61. The predicted molar refractivity (Wildman–Crippen MR) is 73.5 cm³/mol. The maximum absolute atomic E-state index is 12.3. The van der Waals surface area contributed by atoms with Gasteiger partial charge in [-0.25, -0.2) is 0 Å². The van der Waals surface area contributed by atoms with Gasteiger partial charge < -0.3 is 19.3 Å². The van der Waals surface area contributed by atoms with Gasteiger partial charge in [-0.3, -0.25) is 9.59 Å². The molecule has 0 spiro atoms. The standard InChI is InChI=1S/C16H16O6/c17-11-3-4-15(14(18)20-8-16(15,19)7-11)6-10-1-2-12-13(5-10)22-9-21-12/h1-2,5,19H,3-4,6-9H2. The molecule has 1 aliphatic carbocycles. The third-order valence-corrected chi connectivity index (χ3v) is 4.99. The van der Waals surface area contributed by atoms with Crippen molar-refractivity contribution in [3.05, 3.63) is 23.8 Å². The SMILES string of the molecule is O=C1CCC2(Cc3ccc4c(c3)OCO4)C(=O)OCC2(O)C1. The van der Waals surface area contributed by atoms with E-state index in [-0.39, 0.29) is 25.6 Å². The smallest absolute Gasteiger partial charge is 0.315 e. The van der Waals surface area contributed by atoms with Crippen LogP contribution in [-0.2, 0) is 20.7 Å². The fraction of sp³-hybridized carbons (Fsp3) is 0.500. The molecule has 1 saturated heterocycles. The number of cyclic esters (lactones) is 1. The third-order valence-electron chi connectivity index (χ3n) is 4.99. The van der Waals surface area contributed by atoms with Crippen LogP contribution < -0.4 is 9.47 Å². The van der Waals surface area contributed by atoms with Crippen molar-refractivity contribution in [1.82, 2.24) is 0 Å². The Balaban J connectivity index is 1.70. The van der Waals surface area contributed by atoms with Crippen molar-refractivity contribution in [2.75, 3.05) is 13.4 Å². The first-order chi connectivity index (χ1) is 10.5. The molecule has 0 radical (unpaired) electrons. The highest BCUT2D eigenvalue weighted by atomic mass is 16.7. The summed E-state index contributed by atoms with van der Waals surface area (Å²) >= 11 is 0. The van der Waals surface area contributed by atoms with E-state index in [0.29, 0.717) is 30.8 Å². The van der Waals surface area contributed by atoms with Gasteiger partial charge in [0, 0.05) is 12.8 Å². The molecule has 2 heterocycles. The summed E-state index contributed by atoms with van der Waals surface area (Å²) in [5, 5.41) is 10.8. The minimum atomic E-state index is -1.41. The number of fused-ring (bicyclic) bond motifs is 2. The van der Waals surface area contributed by atoms with Crippen LogP contribution in [0, 0.1) is 5.41 Å². The Morgan fingerprint density at radius 1 is 1.14 bits per heavy atom. The van der Waals surface area contributed by atoms with Crippen molar-refractivity contribution >= 4 is 11.8 Å². The molecule has 6 heteroatoms. The Morgan fingerprint density at radius 3 is 2.82 bits per heavy atom. The van der Waals surface area contributed by atoms with Gasteiger partial charge in [0.1, 0.15) is 23.4 Å². The van der Waals surface area contributed by atoms with Crippen molar-refractivity contribution in [3.63, 3.8) is 0 Å². The van der Waals surface area contributed by atoms with Crippen LogP contribution in [0.1, 0.15) is 24.8 Å². The molecule has 2 atom stereocenters. The summed E-state index contributed by atoms with van der Waals surface area (Å²) in [6.45, 7) is 0.0759. The summed E-state index contributed by atoms with van der Waals surface area (Å²) in [5.74, 6) is 0.863. The molecule has 4 rings (SSSR count). The summed E-state index contributed by atoms with van der Waals surface area (Å²) in [7, 11) is 0. The lowest BCUT2D eigenvalue weighted by Gasteiger charge is -2.41. The molecule has 1 saturated carbocycles. The summed E-state index contributed by atoms with van der Waals surface area (Å²) < 4.78 is 15.7. The van der Waals surface area contributed by atoms with Gasteiger partial charge in [-0.15, -0.1) is 0 Å². The van der Waals surface area contributed by atoms with Gasteiger partial charge in [-0.05, 0) is 30.5 Å². The number of hydrogen-bond acceptors (Lipinski definition) is 6. The monoisotopic (exact) mass is 304 g/mol. The van der Waals surface area contributed by atoms with Crippen LogP contribution in [0.3, 0.4) is 0 Å². The zero-order valence-corrected chi connectivity index (χ0v) is 12.0. The Morgan fingerprint density at radius 2 is 1.95 bits per heavy atom. The molecule has 6 nitrogen and oxygen atoms in total. The average molecular weight is 304 g/mol. The van der Waals surface area contributed by atoms with Gasteiger partial charge in [0.15, 0.2) is 11.5 Å². The van der Waals surface area contributed by atoms with Crippen molar-refractivity contribution in [1.29, 1.82) is 0 Å². The van der Waals surface area contributed by atoms with Crippen LogP contribution >= 0.6 is 0 Å². The minimum Gasteiger partial charge on any atom is -0.462 e. The lowest BCUT2D eigenvalue weighted by molar-refractivity contribution is -0.154. The van der Waals surface area contributed by atoms with E-state index in [4.69, 9.17) is 14.2 Å². The number of ketones is 1. The first-order valence-corrected chi connectivity index (χ1v) is 7.32. The third kappa shape index (κ3) is 1.76. The first-order valence-electron chi connectivity index (χ1n) is 7.32. The maximum Gasteiger partial charge on any atom is 0.315 e. The highest BCUT2D eigenvalue weighted by Crippen LogP contribution is 2.51. The molecule has 1 aromatic carbocycles. The van der Waals surface area contributed by atoms with Crippen molar-refractivity contribution in [2.45, 2.75) is 31.3 Å². The fourth-order valence-corrected chi connectivity index (χ4v) is 3.70. The second kappa shape index (κ2) is 4.46. The van der Waals surface area contributed by atoms with E-state index >= 15 is 0 Å². The predicted octanol–water partition coefficient (Wildman–Crippen LogP) is 0.985. The Bertz CT molecular complexity index is 669. The zero-order valence-electron chi connectivity index (χ0n) is 12.0. The molecule has 116 valence electrons. The summed E-state index contributed by atoms with van der Waals surface area (Å²) in [6.07, 6.45) is 0.910. The van der Waals surface area contributed by atoms with E-state index in [2.05, 4.69) is 0 Å². The largest absolute Gasteiger partial charge is 0.462 e. The van der Waals surface area contributed by atoms with Crippen LogP contribution in [-0.4, -0.2) is 35.9 Å². The van der Waals surface area contributed by atoms with Gasteiger partial charge in [0.25, 0.3) is 0 Å². The Kier molecular flexibility index (Phi) is 2.75.